The summed E-state index contributed by atoms with van der Waals surface area (Å²) in [5.74, 6) is 0.0399. The Morgan fingerprint density at radius 3 is 2.55 bits per heavy atom. The number of nitrogens with one attached hydrogen (secondary N) is 1. The van der Waals surface area contributed by atoms with Crippen molar-refractivity contribution in [1.82, 2.24) is 4.90 Å². The van der Waals surface area contributed by atoms with Crippen LogP contribution in [0.2, 0.25) is 0 Å². The standard InChI is InChI=1S/C16H20N2OS/c1-11-5-7-13(9-15(11)16(19)18(3)4)17-10-14-8-6-12(2)20-14/h5-9,17H,10H2,1-4H3. The average molecular weight is 288 g/mol. The molecule has 1 N–H and O–H groups in total. The molecule has 0 bridgehead atoms. The second-order valence-electron chi connectivity index (χ2n) is 5.10. The van der Waals surface area contributed by atoms with Gasteiger partial charge in [-0.1, -0.05) is 6.07 Å². The molecule has 0 saturated heterocycles. The first-order chi connectivity index (χ1) is 9.47. The maximum Gasteiger partial charge on any atom is 0.253 e. The van der Waals surface area contributed by atoms with Crippen molar-refractivity contribution in [3.8, 4) is 0 Å². The van der Waals surface area contributed by atoms with Gasteiger partial charge in [0.15, 0.2) is 0 Å². The lowest BCUT2D eigenvalue weighted by molar-refractivity contribution is 0.0827. The van der Waals surface area contributed by atoms with Crippen molar-refractivity contribution in [2.45, 2.75) is 20.4 Å². The second kappa shape index (κ2) is 6.09. The van der Waals surface area contributed by atoms with Crippen LogP contribution < -0.4 is 5.32 Å². The molecule has 0 radical (unpaired) electrons. The summed E-state index contributed by atoms with van der Waals surface area (Å²) >= 11 is 1.79. The van der Waals surface area contributed by atoms with Crippen LogP contribution in [0.3, 0.4) is 0 Å². The van der Waals surface area contributed by atoms with E-state index in [-0.39, 0.29) is 5.91 Å². The summed E-state index contributed by atoms with van der Waals surface area (Å²) in [7, 11) is 3.55. The molecule has 3 nitrogen and oxygen atoms in total. The van der Waals surface area contributed by atoms with Crippen molar-refractivity contribution in [3.63, 3.8) is 0 Å². The number of nitrogens with zero attached hydrogens (tertiary/aromatic N) is 1. The Labute approximate surface area is 124 Å². The van der Waals surface area contributed by atoms with Gasteiger partial charge in [0.05, 0.1) is 0 Å². The number of anilines is 1. The second-order valence-corrected chi connectivity index (χ2v) is 6.47. The third-order valence-corrected chi connectivity index (χ3v) is 4.14. The fourth-order valence-electron chi connectivity index (χ4n) is 1.97. The molecular weight excluding hydrogens is 268 g/mol. The number of carbonyl (C=O) groups is 1. The topological polar surface area (TPSA) is 32.3 Å². The monoisotopic (exact) mass is 288 g/mol. The predicted octanol–water partition coefficient (Wildman–Crippen LogP) is 3.68. The smallest absolute Gasteiger partial charge is 0.253 e. The van der Waals surface area contributed by atoms with Crippen LogP contribution >= 0.6 is 11.3 Å². The minimum absolute atomic E-state index is 0.0399. The molecule has 1 aromatic heterocycles. The molecule has 0 unspecified atom stereocenters. The van der Waals surface area contributed by atoms with Crippen molar-refractivity contribution in [2.75, 3.05) is 19.4 Å². The van der Waals surface area contributed by atoms with Gasteiger partial charge in [0.25, 0.3) is 5.91 Å². The van der Waals surface area contributed by atoms with E-state index in [1.165, 1.54) is 9.75 Å². The molecule has 0 saturated carbocycles. The van der Waals surface area contributed by atoms with E-state index in [1.807, 2.05) is 25.1 Å². The quantitative estimate of drug-likeness (QED) is 0.931. The van der Waals surface area contributed by atoms with Gasteiger partial charge in [0.1, 0.15) is 0 Å². The van der Waals surface area contributed by atoms with Crippen LogP contribution in [-0.4, -0.2) is 24.9 Å². The summed E-state index contributed by atoms with van der Waals surface area (Å²) < 4.78 is 0. The predicted molar refractivity (Wildman–Crippen MR) is 85.6 cm³/mol. The van der Waals surface area contributed by atoms with E-state index < -0.39 is 0 Å². The van der Waals surface area contributed by atoms with Crippen molar-refractivity contribution >= 4 is 22.9 Å². The minimum Gasteiger partial charge on any atom is -0.380 e. The summed E-state index contributed by atoms with van der Waals surface area (Å²) in [5.41, 5.74) is 2.73. The zero-order chi connectivity index (χ0) is 14.7. The Morgan fingerprint density at radius 2 is 1.95 bits per heavy atom. The maximum atomic E-state index is 12.1. The van der Waals surface area contributed by atoms with Gasteiger partial charge in [-0.2, -0.15) is 0 Å². The van der Waals surface area contributed by atoms with Crippen molar-refractivity contribution in [2.24, 2.45) is 0 Å². The number of aryl methyl sites for hydroxylation is 2. The van der Waals surface area contributed by atoms with Crippen molar-refractivity contribution < 1.29 is 4.79 Å². The Bertz CT molecular complexity index is 617. The van der Waals surface area contributed by atoms with E-state index in [0.29, 0.717) is 0 Å². The highest BCUT2D eigenvalue weighted by Crippen LogP contribution is 2.20. The van der Waals surface area contributed by atoms with Gasteiger partial charge >= 0.3 is 0 Å². The van der Waals surface area contributed by atoms with E-state index in [2.05, 4.69) is 24.4 Å². The molecule has 1 amide bonds. The first-order valence-corrected chi connectivity index (χ1v) is 7.40. The van der Waals surface area contributed by atoms with E-state index in [4.69, 9.17) is 0 Å². The molecule has 0 atom stereocenters. The number of benzene rings is 1. The van der Waals surface area contributed by atoms with Gasteiger partial charge in [0.2, 0.25) is 0 Å². The Morgan fingerprint density at radius 1 is 1.20 bits per heavy atom. The van der Waals surface area contributed by atoms with Crippen LogP contribution in [0.1, 0.15) is 25.7 Å². The maximum absolute atomic E-state index is 12.1. The van der Waals surface area contributed by atoms with Crippen LogP contribution in [0.25, 0.3) is 0 Å². The number of rotatable bonds is 4. The van der Waals surface area contributed by atoms with Crippen LogP contribution in [0.5, 0.6) is 0 Å². The number of thiophene rings is 1. The normalized spacial score (nSPS) is 10.4. The van der Waals surface area contributed by atoms with Gasteiger partial charge in [-0.15, -0.1) is 11.3 Å². The average Bonchev–Trinajstić information content (AvgIpc) is 2.82. The zero-order valence-corrected chi connectivity index (χ0v) is 13.2. The highest BCUT2D eigenvalue weighted by molar-refractivity contribution is 7.11. The van der Waals surface area contributed by atoms with E-state index in [0.717, 1.165) is 23.4 Å². The van der Waals surface area contributed by atoms with Crippen LogP contribution in [0, 0.1) is 13.8 Å². The number of hydrogen-bond donors (Lipinski definition) is 1. The van der Waals surface area contributed by atoms with E-state index >= 15 is 0 Å². The van der Waals surface area contributed by atoms with Crippen LogP contribution in [0.15, 0.2) is 30.3 Å². The minimum atomic E-state index is 0.0399. The fraction of sp³-hybridized carbons (Fsp3) is 0.312. The summed E-state index contributed by atoms with van der Waals surface area (Å²) in [5, 5.41) is 3.38. The Balaban J connectivity index is 2.13. The zero-order valence-electron chi connectivity index (χ0n) is 12.4. The summed E-state index contributed by atoms with van der Waals surface area (Å²) in [6.07, 6.45) is 0. The summed E-state index contributed by atoms with van der Waals surface area (Å²) in [4.78, 5) is 16.3. The largest absolute Gasteiger partial charge is 0.380 e. The molecular formula is C16H20N2OS. The Hall–Kier alpha value is -1.81. The van der Waals surface area contributed by atoms with Gasteiger partial charge < -0.3 is 10.2 Å². The molecule has 2 rings (SSSR count). The van der Waals surface area contributed by atoms with Crippen molar-refractivity contribution in [3.05, 3.63) is 51.2 Å². The molecule has 0 fully saturated rings. The van der Waals surface area contributed by atoms with Gasteiger partial charge in [-0.25, -0.2) is 0 Å². The van der Waals surface area contributed by atoms with Crippen LogP contribution in [0.4, 0.5) is 5.69 Å². The van der Waals surface area contributed by atoms with Gasteiger partial charge in [-0.3, -0.25) is 4.79 Å². The molecule has 0 aliphatic heterocycles. The highest BCUT2D eigenvalue weighted by atomic mass is 32.1. The molecule has 1 aromatic carbocycles. The number of hydrogen-bond acceptors (Lipinski definition) is 3. The summed E-state index contributed by atoms with van der Waals surface area (Å²) in [6, 6.07) is 10.2. The first kappa shape index (κ1) is 14.6. The Kier molecular flexibility index (Phi) is 4.45. The lowest BCUT2D eigenvalue weighted by Crippen LogP contribution is -2.22. The van der Waals surface area contributed by atoms with E-state index in [9.17, 15) is 4.79 Å². The molecule has 0 spiro atoms. The first-order valence-electron chi connectivity index (χ1n) is 6.59. The number of carbonyl (C=O) groups excluding carboxylic acids is 1. The van der Waals surface area contributed by atoms with Crippen molar-refractivity contribution in [1.29, 1.82) is 0 Å². The molecule has 4 heteroatoms. The SMILES string of the molecule is Cc1ccc(CNc2ccc(C)c(C(=O)N(C)C)c2)s1. The fourth-order valence-corrected chi connectivity index (χ4v) is 2.80. The lowest BCUT2D eigenvalue weighted by atomic mass is 10.1. The van der Waals surface area contributed by atoms with Gasteiger partial charge in [0, 0.05) is 41.6 Å². The molecule has 1 heterocycles. The molecule has 106 valence electrons. The van der Waals surface area contributed by atoms with E-state index in [1.54, 1.807) is 30.3 Å². The lowest BCUT2D eigenvalue weighted by Gasteiger charge is -2.14. The molecule has 20 heavy (non-hydrogen) atoms. The molecule has 2 aromatic rings. The molecule has 0 aliphatic carbocycles. The van der Waals surface area contributed by atoms with Gasteiger partial charge in [-0.05, 0) is 43.7 Å². The highest BCUT2D eigenvalue weighted by Gasteiger charge is 2.11. The summed E-state index contributed by atoms with van der Waals surface area (Å²) in [6.45, 7) is 4.86. The third-order valence-electron chi connectivity index (χ3n) is 3.14. The third kappa shape index (κ3) is 3.39. The van der Waals surface area contributed by atoms with Crippen LogP contribution in [-0.2, 0) is 6.54 Å². The molecule has 0 aliphatic rings. The number of amides is 1.